The van der Waals surface area contributed by atoms with Crippen LogP contribution in [0.2, 0.25) is 0 Å². The second-order valence-electron chi connectivity index (χ2n) is 23.4. The molecule has 3 saturated heterocycles. The Kier molecular flexibility index (Phi) is 28.5. The molecule has 0 aromatic carbocycles. The Hall–Kier alpha value is -9.71. The van der Waals surface area contributed by atoms with Gasteiger partial charge >= 0.3 is 23.9 Å². The molecule has 2 aliphatic carbocycles. The monoisotopic (exact) mass is 1310 g/mol. The van der Waals surface area contributed by atoms with E-state index in [0.29, 0.717) is 111 Å². The van der Waals surface area contributed by atoms with E-state index in [1.165, 1.54) is 48.3 Å². The van der Waals surface area contributed by atoms with Crippen LogP contribution < -0.4 is 5.32 Å². The molecule has 508 valence electrons. The highest BCUT2D eigenvalue weighted by molar-refractivity contribution is 6.14. The first-order valence-corrected chi connectivity index (χ1v) is 31.6. The van der Waals surface area contributed by atoms with E-state index in [1.807, 2.05) is 12.3 Å². The van der Waals surface area contributed by atoms with Crippen molar-refractivity contribution in [2.45, 2.75) is 167 Å². The van der Waals surface area contributed by atoms with Crippen LogP contribution in [0, 0.1) is 23.7 Å². The number of esters is 1. The van der Waals surface area contributed by atoms with Gasteiger partial charge in [0.2, 0.25) is 11.8 Å². The van der Waals surface area contributed by atoms with Gasteiger partial charge in [-0.3, -0.25) is 91.4 Å². The molecule has 0 bridgehead atoms. The molecule has 2 saturated carbocycles. The lowest BCUT2D eigenvalue weighted by atomic mass is 9.82. The molecule has 7 aliphatic heterocycles. The van der Waals surface area contributed by atoms with E-state index in [1.54, 1.807) is 4.90 Å². The maximum Gasteiger partial charge on any atom is 0.336 e. The van der Waals surface area contributed by atoms with Crippen LogP contribution in [-0.4, -0.2) is 186 Å². The Labute approximate surface area is 540 Å². The molecule has 31 nitrogen and oxygen atoms in total. The van der Waals surface area contributed by atoms with Crippen molar-refractivity contribution in [2.24, 2.45) is 23.7 Å². The fourth-order valence-corrected chi connectivity index (χ4v) is 10.9. The molecule has 0 atom stereocenters. The summed E-state index contributed by atoms with van der Waals surface area (Å²) >= 11 is 0. The number of ketones is 1. The number of carbonyl (C=O) groups excluding carboxylic acids is 19. The van der Waals surface area contributed by atoms with Crippen LogP contribution in [0.4, 0.5) is 0 Å². The summed E-state index contributed by atoms with van der Waals surface area (Å²) in [6.45, 7) is 3.46. The number of carbonyl (C=O) groups is 19. The van der Waals surface area contributed by atoms with Crippen LogP contribution in [-0.2, 0) is 110 Å². The van der Waals surface area contributed by atoms with Crippen molar-refractivity contribution < 1.29 is 110 Å². The predicted octanol–water partition coefficient (Wildman–Crippen LogP) is 2.05. The summed E-state index contributed by atoms with van der Waals surface area (Å²) in [5.41, 5.74) is 0. The summed E-state index contributed by atoms with van der Waals surface area (Å²) < 4.78 is 5.38. The van der Waals surface area contributed by atoms with Gasteiger partial charge < -0.3 is 29.5 Å². The van der Waals surface area contributed by atoms with E-state index >= 15 is 0 Å². The predicted molar refractivity (Wildman–Crippen MR) is 316 cm³/mol. The Balaban J connectivity index is 0.000000206. The molecule has 0 unspecified atom stereocenters. The first-order valence-electron chi connectivity index (χ1n) is 31.6. The molecule has 9 rings (SSSR count). The zero-order chi connectivity index (χ0) is 68.4. The number of ether oxygens (including phenoxy) is 1. The molecule has 0 spiro atoms. The number of hydroxylamine groups is 6. The van der Waals surface area contributed by atoms with Crippen LogP contribution in [0.1, 0.15) is 167 Å². The fourth-order valence-electron chi connectivity index (χ4n) is 10.9. The van der Waals surface area contributed by atoms with Crippen LogP contribution in [0.3, 0.4) is 0 Å². The number of amides is 14. The first-order chi connectivity index (χ1) is 44.9. The molecule has 1 N–H and O–H groups in total. The van der Waals surface area contributed by atoms with Crippen LogP contribution in [0.25, 0.3) is 0 Å². The number of Topliss-reactive ketones (excluding diaryl/α,β-unsaturated/α-hetero) is 1. The summed E-state index contributed by atoms with van der Waals surface area (Å²) in [6, 6.07) is 0. The van der Waals surface area contributed by atoms with Crippen LogP contribution >= 0.6 is 0 Å². The Morgan fingerprint density at radius 3 is 1.24 bits per heavy atom. The molecule has 5 fully saturated rings. The number of nitrogens with zero attached hydrogens (tertiary/aromatic N) is 7. The zero-order valence-corrected chi connectivity index (χ0v) is 52.4. The highest BCUT2D eigenvalue weighted by Gasteiger charge is 2.39. The largest absolute Gasteiger partial charge is 0.465 e. The molecule has 94 heavy (non-hydrogen) atoms. The molecule has 31 heteroatoms. The topological polar surface area (TPSA) is 396 Å². The van der Waals surface area contributed by atoms with E-state index in [4.69, 9.17) is 19.2 Å². The van der Waals surface area contributed by atoms with Gasteiger partial charge in [-0.25, -0.2) is 14.4 Å². The molecule has 0 aromatic rings. The standard InChI is InChI=1S/C22H30N2O7.C17H21N3O7.C16H18N2O6.C8H9NO3/c25-18-5-4-13-23(18)15-16-7-9-17(10-8-16)22(29)30-14-3-1-2-6-21(28)31-24-19(26)11-12-20(24)27;21-12(9-11-19-13(22)5-6-14(19)23)18-10-3-1-2-4-17(26)27-20-15(24)7-8-16(20)25;19-12-5-6-13(20)17(12)9-10-1-3-11(4-2-10)16(23)24-18-14(21)7-8-15(18)22;1-6(10)4-5-9-7(11)2-3-8(9)12/h4,13,16-17H,1-3,5-12,14-15H2;5-6H,1-4,7-11H2,(H,18,21);5-6,10-11H,1-4,7-9H2;2-3H,4-5H2,1H3. The molecule has 7 heterocycles. The Morgan fingerprint density at radius 2 is 0.819 bits per heavy atom. The van der Waals surface area contributed by atoms with Gasteiger partial charge in [0.25, 0.3) is 70.9 Å². The van der Waals surface area contributed by atoms with Crippen molar-refractivity contribution in [3.05, 3.63) is 48.7 Å². The van der Waals surface area contributed by atoms with Crippen molar-refractivity contribution in [3.8, 4) is 0 Å². The van der Waals surface area contributed by atoms with E-state index in [9.17, 15) is 91.1 Å². The Bertz CT molecular complexity index is 3010. The van der Waals surface area contributed by atoms with Gasteiger partial charge in [-0.1, -0.05) is 12.5 Å². The minimum atomic E-state index is -0.642. The minimum Gasteiger partial charge on any atom is -0.465 e. The zero-order valence-electron chi connectivity index (χ0n) is 52.4. The number of hydrogen-bond acceptors (Lipinski definition) is 23. The molecular formula is C63H78N8O23. The van der Waals surface area contributed by atoms with Crippen LogP contribution in [0.5, 0.6) is 0 Å². The molecule has 0 radical (unpaired) electrons. The van der Waals surface area contributed by atoms with Gasteiger partial charge in [-0.15, -0.1) is 15.2 Å². The van der Waals surface area contributed by atoms with Crippen molar-refractivity contribution in [1.82, 2.24) is 40.1 Å². The Morgan fingerprint density at radius 1 is 0.426 bits per heavy atom. The SMILES string of the molecule is CC(=O)CCN1C(=O)C=CC1=O.O=C(CCCCCOC(=O)C1CCC(CN2C=CCC2=O)CC1)ON1C(=O)CCC1=O.O=C(CCN1C(=O)C=CC1=O)NCCCCCC(=O)ON1C(=O)CCC1=O.O=C(ON1C(=O)CCC1=O)C1CCC(CN2C(=O)C=CC2=O)CC1. The van der Waals surface area contributed by atoms with Gasteiger partial charge in [0.1, 0.15) is 5.78 Å². The second-order valence-corrected chi connectivity index (χ2v) is 23.4. The fraction of sp³-hybridized carbons (Fsp3) is 0.571. The van der Waals surface area contributed by atoms with Gasteiger partial charge in [0, 0.05) is 146 Å². The van der Waals surface area contributed by atoms with Crippen LogP contribution in [0.15, 0.2) is 48.7 Å². The normalized spacial score (nSPS) is 21.5. The quantitative estimate of drug-likeness (QED) is 0.0698. The first kappa shape index (κ1) is 73.3. The number of rotatable bonds is 27. The lowest BCUT2D eigenvalue weighted by Crippen LogP contribution is -2.38. The highest BCUT2D eigenvalue weighted by Crippen LogP contribution is 2.33. The average molecular weight is 1320 g/mol. The second kappa shape index (κ2) is 36.5. The molecule has 9 aliphatic rings. The van der Waals surface area contributed by atoms with E-state index < -0.39 is 65.2 Å². The van der Waals surface area contributed by atoms with Gasteiger partial charge in [-0.05, 0) is 102 Å². The average Bonchev–Trinajstić information content (AvgIpc) is 1.64. The number of nitrogens with one attached hydrogen (secondary N) is 1. The van der Waals surface area contributed by atoms with E-state index in [0.717, 1.165) is 42.0 Å². The number of imide groups is 6. The lowest BCUT2D eigenvalue weighted by molar-refractivity contribution is -0.201. The third-order valence-corrected chi connectivity index (χ3v) is 16.3. The van der Waals surface area contributed by atoms with Crippen molar-refractivity contribution >= 4 is 112 Å². The molecular weight excluding hydrogens is 1240 g/mol. The summed E-state index contributed by atoms with van der Waals surface area (Å²) in [5, 5.41) is 4.32. The number of unbranched alkanes of at least 4 members (excludes halogenated alkanes) is 4. The minimum absolute atomic E-state index is 0.0255. The van der Waals surface area contributed by atoms with Gasteiger partial charge in [-0.2, -0.15) is 0 Å². The number of hydrogen-bond donors (Lipinski definition) is 1. The molecule has 14 amide bonds. The summed E-state index contributed by atoms with van der Waals surface area (Å²) in [7, 11) is 0. The molecule has 0 aromatic heterocycles. The van der Waals surface area contributed by atoms with E-state index in [-0.39, 0.29) is 142 Å². The third kappa shape index (κ3) is 22.8. The van der Waals surface area contributed by atoms with Crippen molar-refractivity contribution in [1.29, 1.82) is 0 Å². The summed E-state index contributed by atoms with van der Waals surface area (Å²) in [5.74, 6) is -7.06. The van der Waals surface area contributed by atoms with E-state index in [2.05, 4.69) is 5.32 Å². The maximum absolute atomic E-state index is 12.3. The summed E-state index contributed by atoms with van der Waals surface area (Å²) in [4.78, 5) is 237. The van der Waals surface area contributed by atoms with Crippen molar-refractivity contribution in [3.63, 3.8) is 0 Å². The lowest BCUT2D eigenvalue weighted by Gasteiger charge is -2.29. The maximum atomic E-state index is 12.3. The third-order valence-electron chi connectivity index (χ3n) is 16.3. The summed E-state index contributed by atoms with van der Waals surface area (Å²) in [6.07, 6.45) is 21.8. The van der Waals surface area contributed by atoms with Gasteiger partial charge in [0.15, 0.2) is 0 Å². The van der Waals surface area contributed by atoms with Crippen molar-refractivity contribution in [2.75, 3.05) is 39.3 Å². The smallest absolute Gasteiger partial charge is 0.336 e. The van der Waals surface area contributed by atoms with Gasteiger partial charge in [0.05, 0.1) is 18.4 Å². The highest BCUT2D eigenvalue weighted by atomic mass is 16.7.